The van der Waals surface area contributed by atoms with Gasteiger partial charge in [-0.2, -0.15) is 0 Å². The minimum Gasteiger partial charge on any atom is -0.315 e. The molecule has 2 amide bonds. The number of hydrogen-bond acceptors (Lipinski definition) is 1. The van der Waals surface area contributed by atoms with Crippen LogP contribution in [0.15, 0.2) is 30.5 Å². The predicted molar refractivity (Wildman–Crippen MR) is 74.2 cm³/mol. The molecule has 0 saturated heterocycles. The molecule has 0 aliphatic heterocycles. The predicted octanol–water partition coefficient (Wildman–Crippen LogP) is 4.18. The van der Waals surface area contributed by atoms with Crippen LogP contribution in [-0.2, 0) is 0 Å². The SMILES string of the molecule is O=C(N/C=C/C1CCCCC1)Nc1cc(F)ccc1F. The maximum Gasteiger partial charge on any atom is 0.323 e. The van der Waals surface area contributed by atoms with E-state index in [0.29, 0.717) is 5.92 Å². The third-order valence-corrected chi connectivity index (χ3v) is 3.41. The van der Waals surface area contributed by atoms with Gasteiger partial charge in [-0.05, 0) is 30.9 Å². The monoisotopic (exact) mass is 280 g/mol. The molecule has 5 heteroatoms. The van der Waals surface area contributed by atoms with Gasteiger partial charge < -0.3 is 10.6 Å². The number of benzene rings is 1. The number of nitrogens with one attached hydrogen (secondary N) is 2. The number of anilines is 1. The van der Waals surface area contributed by atoms with Crippen LogP contribution >= 0.6 is 0 Å². The number of amides is 2. The molecule has 20 heavy (non-hydrogen) atoms. The van der Waals surface area contributed by atoms with Gasteiger partial charge in [-0.3, -0.25) is 0 Å². The third kappa shape index (κ3) is 4.33. The fraction of sp³-hybridized carbons (Fsp3) is 0.400. The molecule has 3 nitrogen and oxygen atoms in total. The molecule has 1 aromatic carbocycles. The second-order valence-electron chi connectivity index (χ2n) is 4.98. The van der Waals surface area contributed by atoms with E-state index in [2.05, 4.69) is 10.6 Å². The Labute approximate surface area is 117 Å². The zero-order valence-corrected chi connectivity index (χ0v) is 11.2. The lowest BCUT2D eigenvalue weighted by Gasteiger charge is -2.17. The molecule has 1 fully saturated rings. The topological polar surface area (TPSA) is 41.1 Å². The molecule has 0 bridgehead atoms. The van der Waals surface area contributed by atoms with Crippen molar-refractivity contribution < 1.29 is 13.6 Å². The Morgan fingerprint density at radius 1 is 1.20 bits per heavy atom. The largest absolute Gasteiger partial charge is 0.323 e. The van der Waals surface area contributed by atoms with Crippen LogP contribution in [0.1, 0.15) is 32.1 Å². The number of hydrogen-bond donors (Lipinski definition) is 2. The first kappa shape index (κ1) is 14.5. The number of halogens is 2. The maximum atomic E-state index is 13.3. The summed E-state index contributed by atoms with van der Waals surface area (Å²) in [7, 11) is 0. The Morgan fingerprint density at radius 2 is 1.95 bits per heavy atom. The minimum atomic E-state index is -0.669. The fourth-order valence-corrected chi connectivity index (χ4v) is 2.34. The second-order valence-corrected chi connectivity index (χ2v) is 4.98. The van der Waals surface area contributed by atoms with Crippen LogP contribution in [0.5, 0.6) is 0 Å². The van der Waals surface area contributed by atoms with Gasteiger partial charge in [0.15, 0.2) is 0 Å². The molecule has 0 aromatic heterocycles. The number of allylic oxidation sites excluding steroid dienone is 1. The molecule has 0 unspecified atom stereocenters. The van der Waals surface area contributed by atoms with E-state index in [1.165, 1.54) is 19.3 Å². The molecule has 2 rings (SSSR count). The van der Waals surface area contributed by atoms with Crippen molar-refractivity contribution in [3.05, 3.63) is 42.1 Å². The second kappa shape index (κ2) is 7.03. The van der Waals surface area contributed by atoms with E-state index in [0.717, 1.165) is 31.0 Å². The molecule has 0 atom stereocenters. The smallest absolute Gasteiger partial charge is 0.315 e. The Balaban J connectivity index is 1.82. The summed E-state index contributed by atoms with van der Waals surface area (Å²) in [6.45, 7) is 0. The van der Waals surface area contributed by atoms with Crippen molar-refractivity contribution in [1.29, 1.82) is 0 Å². The molecule has 0 spiro atoms. The van der Waals surface area contributed by atoms with Crippen molar-refractivity contribution in [1.82, 2.24) is 5.32 Å². The van der Waals surface area contributed by atoms with E-state index in [-0.39, 0.29) is 5.69 Å². The zero-order valence-electron chi connectivity index (χ0n) is 11.2. The zero-order chi connectivity index (χ0) is 14.4. The average molecular weight is 280 g/mol. The van der Waals surface area contributed by atoms with Crippen molar-refractivity contribution >= 4 is 11.7 Å². The molecule has 0 heterocycles. The van der Waals surface area contributed by atoms with Crippen molar-refractivity contribution in [2.45, 2.75) is 32.1 Å². The summed E-state index contributed by atoms with van der Waals surface area (Å²) in [6.07, 6.45) is 9.52. The van der Waals surface area contributed by atoms with E-state index in [9.17, 15) is 13.6 Å². The van der Waals surface area contributed by atoms with Gasteiger partial charge in [0.1, 0.15) is 11.6 Å². The van der Waals surface area contributed by atoms with E-state index in [1.807, 2.05) is 6.08 Å². The van der Waals surface area contributed by atoms with Crippen LogP contribution in [0, 0.1) is 17.6 Å². The Morgan fingerprint density at radius 3 is 2.70 bits per heavy atom. The van der Waals surface area contributed by atoms with Crippen molar-refractivity contribution in [2.24, 2.45) is 5.92 Å². The fourth-order valence-electron chi connectivity index (χ4n) is 2.34. The summed E-state index contributed by atoms with van der Waals surface area (Å²) >= 11 is 0. The first-order chi connectivity index (χ1) is 9.65. The standard InChI is InChI=1S/C15H18F2N2O/c16-12-6-7-13(17)14(10-12)19-15(20)18-9-8-11-4-2-1-3-5-11/h6-11H,1-5H2,(H2,18,19,20)/b9-8+. The lowest BCUT2D eigenvalue weighted by molar-refractivity contribution is 0.255. The number of rotatable bonds is 3. The highest BCUT2D eigenvalue weighted by atomic mass is 19.1. The van der Waals surface area contributed by atoms with Crippen molar-refractivity contribution in [3.63, 3.8) is 0 Å². The first-order valence-electron chi connectivity index (χ1n) is 6.84. The summed E-state index contributed by atoms with van der Waals surface area (Å²) < 4.78 is 26.3. The highest BCUT2D eigenvalue weighted by Crippen LogP contribution is 2.24. The van der Waals surface area contributed by atoms with Crippen molar-refractivity contribution in [3.8, 4) is 0 Å². The summed E-state index contributed by atoms with van der Waals surface area (Å²) in [5.41, 5.74) is -0.173. The number of carbonyl (C=O) groups excluding carboxylic acids is 1. The van der Waals surface area contributed by atoms with Crippen molar-refractivity contribution in [2.75, 3.05) is 5.32 Å². The van der Waals surface area contributed by atoms with Crippen LogP contribution in [-0.4, -0.2) is 6.03 Å². The van der Waals surface area contributed by atoms with Crippen LogP contribution in [0.25, 0.3) is 0 Å². The van der Waals surface area contributed by atoms with E-state index in [4.69, 9.17) is 0 Å². The molecule has 1 aromatic rings. The van der Waals surface area contributed by atoms with Gasteiger partial charge in [-0.25, -0.2) is 13.6 Å². The maximum absolute atomic E-state index is 13.3. The normalized spacial score (nSPS) is 16.3. The quantitative estimate of drug-likeness (QED) is 0.856. The van der Waals surface area contributed by atoms with Crippen LogP contribution in [0.3, 0.4) is 0 Å². The van der Waals surface area contributed by atoms with Gasteiger partial charge in [0, 0.05) is 12.3 Å². The van der Waals surface area contributed by atoms with Gasteiger partial charge in [0.2, 0.25) is 0 Å². The highest BCUT2D eigenvalue weighted by molar-refractivity contribution is 5.89. The minimum absolute atomic E-state index is 0.173. The van der Waals surface area contributed by atoms with E-state index >= 15 is 0 Å². The number of carbonyl (C=O) groups is 1. The Kier molecular flexibility index (Phi) is 5.09. The van der Waals surface area contributed by atoms with Gasteiger partial charge >= 0.3 is 6.03 Å². The summed E-state index contributed by atoms with van der Waals surface area (Å²) in [6, 6.07) is 2.34. The summed E-state index contributed by atoms with van der Waals surface area (Å²) in [5.74, 6) is -0.771. The van der Waals surface area contributed by atoms with E-state index < -0.39 is 17.7 Å². The third-order valence-electron chi connectivity index (χ3n) is 3.41. The van der Waals surface area contributed by atoms with Crippen LogP contribution < -0.4 is 10.6 Å². The van der Waals surface area contributed by atoms with Gasteiger partial charge in [0.05, 0.1) is 5.69 Å². The Bertz CT molecular complexity index is 497. The first-order valence-corrected chi connectivity index (χ1v) is 6.84. The van der Waals surface area contributed by atoms with Gasteiger partial charge in [0.25, 0.3) is 0 Å². The summed E-state index contributed by atoms with van der Waals surface area (Å²) in [5, 5.41) is 4.78. The molecule has 1 aliphatic carbocycles. The molecule has 1 aliphatic rings. The van der Waals surface area contributed by atoms with Gasteiger partial charge in [-0.1, -0.05) is 25.3 Å². The lowest BCUT2D eigenvalue weighted by Crippen LogP contribution is -2.24. The Hall–Kier alpha value is -1.91. The molecule has 1 saturated carbocycles. The van der Waals surface area contributed by atoms with Gasteiger partial charge in [-0.15, -0.1) is 0 Å². The molecule has 2 N–H and O–H groups in total. The highest BCUT2D eigenvalue weighted by Gasteiger charge is 2.10. The van der Waals surface area contributed by atoms with Crippen LogP contribution in [0.2, 0.25) is 0 Å². The molecule has 0 radical (unpaired) electrons. The molecular formula is C15H18F2N2O. The average Bonchev–Trinajstić information content (AvgIpc) is 2.44. The van der Waals surface area contributed by atoms with Crippen LogP contribution in [0.4, 0.5) is 19.3 Å². The van der Waals surface area contributed by atoms with E-state index in [1.54, 1.807) is 6.20 Å². The number of urea groups is 1. The lowest BCUT2D eigenvalue weighted by atomic mass is 9.89. The summed E-state index contributed by atoms with van der Waals surface area (Å²) in [4.78, 5) is 11.6. The molecule has 108 valence electrons. The molecular weight excluding hydrogens is 262 g/mol.